The summed E-state index contributed by atoms with van der Waals surface area (Å²) < 4.78 is 50.2. The number of hydrogen-bond donors (Lipinski definition) is 1. The van der Waals surface area contributed by atoms with E-state index < -0.39 is 23.5 Å². The number of halogens is 5. The van der Waals surface area contributed by atoms with Crippen LogP contribution in [0.2, 0.25) is 0 Å². The highest BCUT2D eigenvalue weighted by atomic mass is 35.5. The average Bonchev–Trinajstić information content (AvgIpc) is 2.28. The summed E-state index contributed by atoms with van der Waals surface area (Å²) in [5, 5.41) is 2.38. The zero-order chi connectivity index (χ0) is 13.8. The fourth-order valence-electron chi connectivity index (χ4n) is 1.25. The first-order chi connectivity index (χ1) is 8.36. The molecule has 1 aromatic rings. The Morgan fingerprint density at radius 1 is 1.33 bits per heavy atom. The Hall–Kier alpha value is -1.30. The van der Waals surface area contributed by atoms with E-state index in [1.807, 2.05) is 0 Å². The van der Waals surface area contributed by atoms with E-state index in [1.165, 1.54) is 0 Å². The smallest absolute Gasteiger partial charge is 0.352 e. The number of rotatable bonds is 4. The Bertz CT molecular complexity index is 434. The molecule has 0 aromatic heterocycles. The minimum Gasteiger partial charge on any atom is -0.352 e. The molecule has 2 nitrogen and oxygen atoms in total. The predicted octanol–water partition coefficient (Wildman–Crippen LogP) is 3.20. The quantitative estimate of drug-likeness (QED) is 0.513. The molecule has 0 aliphatic carbocycles. The van der Waals surface area contributed by atoms with Gasteiger partial charge in [-0.2, -0.15) is 13.2 Å². The topological polar surface area (TPSA) is 29.1 Å². The number of amides is 1. The number of hydrogen-bond acceptors (Lipinski definition) is 1. The number of carbonyl (C=O) groups is 1. The van der Waals surface area contributed by atoms with Crippen molar-refractivity contribution < 1.29 is 22.4 Å². The molecule has 0 heterocycles. The van der Waals surface area contributed by atoms with Crippen molar-refractivity contribution in [3.63, 3.8) is 0 Å². The molecule has 0 aliphatic rings. The number of carbonyl (C=O) groups excluding carboxylic acids is 1. The summed E-state index contributed by atoms with van der Waals surface area (Å²) in [5.74, 6) is -1.76. The van der Waals surface area contributed by atoms with Gasteiger partial charge in [-0.1, -0.05) is 0 Å². The summed E-state index contributed by atoms with van der Waals surface area (Å²) in [4.78, 5) is 11.5. The van der Waals surface area contributed by atoms with Gasteiger partial charge in [-0.25, -0.2) is 4.39 Å². The summed E-state index contributed by atoms with van der Waals surface area (Å²) in [6.07, 6.45) is -4.32. The van der Waals surface area contributed by atoms with Gasteiger partial charge in [0.15, 0.2) is 0 Å². The highest BCUT2D eigenvalue weighted by Gasteiger charge is 2.34. The van der Waals surface area contributed by atoms with E-state index >= 15 is 0 Å². The highest BCUT2D eigenvalue weighted by Crippen LogP contribution is 2.31. The van der Waals surface area contributed by atoms with Gasteiger partial charge in [-0.3, -0.25) is 4.79 Å². The van der Waals surface area contributed by atoms with Crippen molar-refractivity contribution in [3.8, 4) is 0 Å². The third kappa shape index (κ3) is 3.87. The summed E-state index contributed by atoms with van der Waals surface area (Å²) in [6.45, 7) is 0.251. The van der Waals surface area contributed by atoms with E-state index in [9.17, 15) is 22.4 Å². The van der Waals surface area contributed by atoms with Gasteiger partial charge in [0.1, 0.15) is 5.82 Å². The minimum absolute atomic E-state index is 0.238. The van der Waals surface area contributed by atoms with Crippen molar-refractivity contribution in [2.45, 2.75) is 12.6 Å². The Labute approximate surface area is 106 Å². The lowest BCUT2D eigenvalue weighted by atomic mass is 10.1. The average molecular weight is 284 g/mol. The van der Waals surface area contributed by atoms with E-state index in [4.69, 9.17) is 11.6 Å². The molecule has 0 atom stereocenters. The van der Waals surface area contributed by atoms with Crippen molar-refractivity contribution in [2.75, 3.05) is 12.4 Å². The molecule has 7 heteroatoms. The van der Waals surface area contributed by atoms with Crippen LogP contribution in [0, 0.1) is 5.82 Å². The van der Waals surface area contributed by atoms with Crippen LogP contribution in [0.3, 0.4) is 0 Å². The molecule has 0 unspecified atom stereocenters. The van der Waals surface area contributed by atoms with Crippen molar-refractivity contribution in [1.82, 2.24) is 5.32 Å². The predicted molar refractivity (Wildman–Crippen MR) is 59.1 cm³/mol. The van der Waals surface area contributed by atoms with Crippen LogP contribution in [0.15, 0.2) is 18.2 Å². The Balaban J connectivity index is 2.88. The molecule has 0 aliphatic heterocycles. The Morgan fingerprint density at radius 2 is 2.00 bits per heavy atom. The second-order valence-electron chi connectivity index (χ2n) is 3.49. The molecule has 0 saturated carbocycles. The van der Waals surface area contributed by atoms with Crippen LogP contribution in [0.4, 0.5) is 17.6 Å². The summed E-state index contributed by atoms with van der Waals surface area (Å²) in [7, 11) is 0. The Kier molecular flexibility index (Phi) is 4.95. The summed E-state index contributed by atoms with van der Waals surface area (Å²) in [5.41, 5.74) is -1.69. The van der Waals surface area contributed by atoms with E-state index in [1.54, 1.807) is 0 Å². The van der Waals surface area contributed by atoms with Crippen LogP contribution in [-0.2, 0) is 6.18 Å². The molecule has 0 spiro atoms. The molecular weight excluding hydrogens is 274 g/mol. The van der Waals surface area contributed by atoms with Gasteiger partial charge in [-0.15, -0.1) is 11.6 Å². The molecule has 100 valence electrons. The first-order valence-electron chi connectivity index (χ1n) is 5.07. The van der Waals surface area contributed by atoms with E-state index in [0.717, 1.165) is 6.07 Å². The monoisotopic (exact) mass is 283 g/mol. The van der Waals surface area contributed by atoms with Gasteiger partial charge < -0.3 is 5.32 Å². The molecule has 1 aromatic carbocycles. The van der Waals surface area contributed by atoms with E-state index in [0.29, 0.717) is 24.4 Å². The van der Waals surface area contributed by atoms with Crippen molar-refractivity contribution in [3.05, 3.63) is 35.1 Å². The highest BCUT2D eigenvalue weighted by molar-refractivity contribution is 6.17. The lowest BCUT2D eigenvalue weighted by molar-refractivity contribution is -0.140. The summed E-state index contributed by atoms with van der Waals surface area (Å²) in [6, 6.07) is 2.12. The maximum Gasteiger partial charge on any atom is 0.419 e. The molecular formula is C11H10ClF4NO. The fraction of sp³-hybridized carbons (Fsp3) is 0.364. The Morgan fingerprint density at radius 3 is 2.56 bits per heavy atom. The van der Waals surface area contributed by atoms with Gasteiger partial charge in [0.2, 0.25) is 0 Å². The third-order valence-corrected chi connectivity index (χ3v) is 2.40. The standard InChI is InChI=1S/C11H10ClF4NO/c12-4-1-5-17-10(18)7-2-3-9(13)8(6-7)11(14,15)16/h2-3,6H,1,4-5H2,(H,17,18). The molecule has 18 heavy (non-hydrogen) atoms. The van der Waals surface area contributed by atoms with Gasteiger partial charge in [0.05, 0.1) is 5.56 Å². The molecule has 1 rings (SSSR count). The van der Waals surface area contributed by atoms with Crippen molar-refractivity contribution in [2.24, 2.45) is 0 Å². The number of nitrogens with one attached hydrogen (secondary N) is 1. The first kappa shape index (κ1) is 14.8. The van der Waals surface area contributed by atoms with Gasteiger partial charge in [0.25, 0.3) is 5.91 Å². The van der Waals surface area contributed by atoms with E-state index in [-0.39, 0.29) is 12.1 Å². The van der Waals surface area contributed by atoms with Crippen LogP contribution >= 0.6 is 11.6 Å². The first-order valence-corrected chi connectivity index (χ1v) is 5.60. The lowest BCUT2D eigenvalue weighted by Crippen LogP contribution is -2.25. The number of benzene rings is 1. The SMILES string of the molecule is O=C(NCCCCl)c1ccc(F)c(C(F)(F)F)c1. The molecule has 0 saturated heterocycles. The largest absolute Gasteiger partial charge is 0.419 e. The van der Waals surface area contributed by atoms with Crippen LogP contribution in [-0.4, -0.2) is 18.3 Å². The molecule has 0 bridgehead atoms. The molecule has 1 N–H and O–H groups in total. The second-order valence-corrected chi connectivity index (χ2v) is 3.87. The maximum absolute atomic E-state index is 13.0. The van der Waals surface area contributed by atoms with Crippen LogP contribution < -0.4 is 5.32 Å². The van der Waals surface area contributed by atoms with Crippen molar-refractivity contribution >= 4 is 17.5 Å². The second kappa shape index (κ2) is 6.04. The van der Waals surface area contributed by atoms with Crippen LogP contribution in [0.5, 0.6) is 0 Å². The zero-order valence-corrected chi connectivity index (χ0v) is 9.91. The van der Waals surface area contributed by atoms with Crippen LogP contribution in [0.25, 0.3) is 0 Å². The molecule has 1 amide bonds. The van der Waals surface area contributed by atoms with Gasteiger partial charge in [0, 0.05) is 18.0 Å². The molecule has 0 radical (unpaired) electrons. The molecule has 0 fully saturated rings. The number of alkyl halides is 4. The minimum atomic E-state index is -4.82. The summed E-state index contributed by atoms with van der Waals surface area (Å²) >= 11 is 5.39. The normalized spacial score (nSPS) is 11.4. The maximum atomic E-state index is 13.0. The zero-order valence-electron chi connectivity index (χ0n) is 9.15. The van der Waals surface area contributed by atoms with Crippen molar-refractivity contribution in [1.29, 1.82) is 0 Å². The van der Waals surface area contributed by atoms with Gasteiger partial charge in [-0.05, 0) is 24.6 Å². The van der Waals surface area contributed by atoms with E-state index in [2.05, 4.69) is 5.32 Å². The van der Waals surface area contributed by atoms with Crippen LogP contribution in [0.1, 0.15) is 22.3 Å². The lowest BCUT2D eigenvalue weighted by Gasteiger charge is -2.10. The van der Waals surface area contributed by atoms with Gasteiger partial charge >= 0.3 is 6.18 Å². The third-order valence-electron chi connectivity index (χ3n) is 2.13. The fourth-order valence-corrected chi connectivity index (χ4v) is 1.39.